The Hall–Kier alpha value is -2.02. The first-order valence-corrected chi connectivity index (χ1v) is 10.8. The number of hydrogen-bond acceptors (Lipinski definition) is 6. The van der Waals surface area contributed by atoms with Gasteiger partial charge in [-0.2, -0.15) is 0 Å². The molecule has 1 aromatic carbocycles. The number of benzene rings is 1. The standard InChI is InChI=1S/C22H29N5S/c1-22(2,9-10-27-13-11-26(3)12-14-27)25-20-18-15-19(17-7-5-4-6-8-17)28-21(18)24-16-23-20/h4-8,15-16H,9-14H2,1-3H3,(H,23,24,25). The van der Waals surface area contributed by atoms with Crippen LogP contribution in [0.3, 0.4) is 0 Å². The van der Waals surface area contributed by atoms with E-state index in [4.69, 9.17) is 0 Å². The Morgan fingerprint density at radius 1 is 1.07 bits per heavy atom. The smallest absolute Gasteiger partial charge is 0.138 e. The molecule has 0 atom stereocenters. The first-order chi connectivity index (χ1) is 13.5. The maximum absolute atomic E-state index is 4.57. The van der Waals surface area contributed by atoms with E-state index in [2.05, 4.69) is 76.3 Å². The SMILES string of the molecule is CN1CCN(CCC(C)(C)Nc2ncnc3sc(-c4ccccc4)cc23)CC1. The highest BCUT2D eigenvalue weighted by Crippen LogP contribution is 2.35. The molecule has 4 rings (SSSR count). The van der Waals surface area contributed by atoms with Crippen LogP contribution in [0.4, 0.5) is 5.82 Å². The fourth-order valence-electron chi connectivity index (χ4n) is 3.59. The highest BCUT2D eigenvalue weighted by molar-refractivity contribution is 7.21. The van der Waals surface area contributed by atoms with Crippen molar-refractivity contribution in [2.45, 2.75) is 25.8 Å². The van der Waals surface area contributed by atoms with Gasteiger partial charge in [0.15, 0.2) is 0 Å². The second-order valence-corrected chi connectivity index (χ2v) is 9.35. The minimum absolute atomic E-state index is 0.0283. The third-order valence-electron chi connectivity index (χ3n) is 5.49. The molecule has 0 amide bonds. The van der Waals surface area contributed by atoms with Crippen LogP contribution in [0.5, 0.6) is 0 Å². The number of hydrogen-bond donors (Lipinski definition) is 1. The van der Waals surface area contributed by atoms with Crippen LogP contribution in [0, 0.1) is 0 Å². The average molecular weight is 396 g/mol. The van der Waals surface area contributed by atoms with Crippen molar-refractivity contribution in [3.63, 3.8) is 0 Å². The maximum atomic E-state index is 4.57. The topological polar surface area (TPSA) is 44.3 Å². The van der Waals surface area contributed by atoms with Crippen molar-refractivity contribution in [2.75, 3.05) is 45.1 Å². The van der Waals surface area contributed by atoms with E-state index in [1.807, 2.05) is 6.07 Å². The lowest BCUT2D eigenvalue weighted by atomic mass is 10.00. The first kappa shape index (κ1) is 19.3. The molecule has 1 saturated heterocycles. The first-order valence-electron chi connectivity index (χ1n) is 9.99. The Labute approximate surface area is 171 Å². The largest absolute Gasteiger partial charge is 0.365 e. The molecular weight excluding hydrogens is 366 g/mol. The van der Waals surface area contributed by atoms with Crippen LogP contribution in [0.25, 0.3) is 20.7 Å². The predicted octanol–water partition coefficient (Wildman–Crippen LogP) is 4.19. The van der Waals surface area contributed by atoms with Crippen molar-refractivity contribution in [1.82, 2.24) is 19.8 Å². The van der Waals surface area contributed by atoms with Gasteiger partial charge in [-0.25, -0.2) is 9.97 Å². The van der Waals surface area contributed by atoms with Gasteiger partial charge >= 0.3 is 0 Å². The van der Waals surface area contributed by atoms with E-state index in [1.54, 1.807) is 17.7 Å². The zero-order valence-electron chi connectivity index (χ0n) is 17.0. The molecule has 1 aliphatic rings. The quantitative estimate of drug-likeness (QED) is 0.678. The number of rotatable bonds is 6. The molecule has 0 saturated carbocycles. The number of anilines is 1. The fourth-order valence-corrected chi connectivity index (χ4v) is 4.60. The van der Waals surface area contributed by atoms with Crippen LogP contribution >= 0.6 is 11.3 Å². The van der Waals surface area contributed by atoms with Gasteiger partial charge in [0.1, 0.15) is 17.0 Å². The minimum Gasteiger partial charge on any atom is -0.365 e. The van der Waals surface area contributed by atoms with Gasteiger partial charge in [-0.05, 0) is 38.9 Å². The van der Waals surface area contributed by atoms with E-state index >= 15 is 0 Å². The summed E-state index contributed by atoms with van der Waals surface area (Å²) in [6, 6.07) is 12.7. The Morgan fingerprint density at radius 3 is 2.57 bits per heavy atom. The lowest BCUT2D eigenvalue weighted by Gasteiger charge is -2.35. The molecule has 0 unspecified atom stereocenters. The fraction of sp³-hybridized carbons (Fsp3) is 0.455. The van der Waals surface area contributed by atoms with Gasteiger partial charge in [0, 0.05) is 43.1 Å². The van der Waals surface area contributed by atoms with Crippen LogP contribution < -0.4 is 5.32 Å². The molecule has 1 N–H and O–H groups in total. The lowest BCUT2D eigenvalue weighted by molar-refractivity contribution is 0.147. The molecule has 28 heavy (non-hydrogen) atoms. The number of thiophene rings is 1. The molecule has 0 bridgehead atoms. The summed E-state index contributed by atoms with van der Waals surface area (Å²) in [4.78, 5) is 16.3. The minimum atomic E-state index is -0.0283. The third-order valence-corrected chi connectivity index (χ3v) is 6.59. The number of fused-ring (bicyclic) bond motifs is 1. The van der Waals surface area contributed by atoms with Crippen molar-refractivity contribution < 1.29 is 0 Å². The van der Waals surface area contributed by atoms with Gasteiger partial charge in [0.05, 0.1) is 5.39 Å². The number of nitrogens with one attached hydrogen (secondary N) is 1. The molecular formula is C22H29N5S. The molecule has 148 valence electrons. The summed E-state index contributed by atoms with van der Waals surface area (Å²) in [5.74, 6) is 0.937. The molecule has 3 aromatic rings. The number of likely N-dealkylation sites (N-methyl/N-ethyl adjacent to an activating group) is 1. The molecule has 2 aromatic heterocycles. The van der Waals surface area contributed by atoms with E-state index in [-0.39, 0.29) is 5.54 Å². The van der Waals surface area contributed by atoms with Crippen molar-refractivity contribution >= 4 is 27.4 Å². The molecule has 6 heteroatoms. The lowest BCUT2D eigenvalue weighted by Crippen LogP contribution is -2.46. The summed E-state index contributed by atoms with van der Waals surface area (Å²) >= 11 is 1.72. The second kappa shape index (κ2) is 8.15. The summed E-state index contributed by atoms with van der Waals surface area (Å²) in [5, 5.41) is 4.80. The van der Waals surface area contributed by atoms with Gasteiger partial charge < -0.3 is 15.1 Å². The summed E-state index contributed by atoms with van der Waals surface area (Å²) in [6.45, 7) is 10.3. The van der Waals surface area contributed by atoms with Gasteiger partial charge in [-0.1, -0.05) is 30.3 Å². The van der Waals surface area contributed by atoms with Crippen LogP contribution in [0.1, 0.15) is 20.3 Å². The van der Waals surface area contributed by atoms with Crippen LogP contribution in [-0.2, 0) is 0 Å². The third kappa shape index (κ3) is 4.51. The highest BCUT2D eigenvalue weighted by atomic mass is 32.1. The second-order valence-electron chi connectivity index (χ2n) is 8.32. The van der Waals surface area contributed by atoms with E-state index in [9.17, 15) is 0 Å². The zero-order valence-corrected chi connectivity index (χ0v) is 17.8. The summed E-state index contributed by atoms with van der Waals surface area (Å²) < 4.78 is 0. The maximum Gasteiger partial charge on any atom is 0.138 e. The molecule has 0 aliphatic carbocycles. The van der Waals surface area contributed by atoms with Crippen molar-refractivity contribution in [3.05, 3.63) is 42.7 Å². The van der Waals surface area contributed by atoms with Crippen molar-refractivity contribution in [1.29, 1.82) is 0 Å². The van der Waals surface area contributed by atoms with Crippen LogP contribution in [-0.4, -0.2) is 65.1 Å². The van der Waals surface area contributed by atoms with Gasteiger partial charge in [-0.15, -0.1) is 11.3 Å². The summed E-state index contributed by atoms with van der Waals surface area (Å²) in [5.41, 5.74) is 1.20. The molecule has 3 heterocycles. The van der Waals surface area contributed by atoms with Gasteiger partial charge in [0.25, 0.3) is 0 Å². The monoisotopic (exact) mass is 395 g/mol. The predicted molar refractivity (Wildman–Crippen MR) is 119 cm³/mol. The van der Waals surface area contributed by atoms with Crippen molar-refractivity contribution in [3.8, 4) is 10.4 Å². The van der Waals surface area contributed by atoms with E-state index < -0.39 is 0 Å². The summed E-state index contributed by atoms with van der Waals surface area (Å²) in [6.07, 6.45) is 2.75. The Morgan fingerprint density at radius 2 is 1.82 bits per heavy atom. The highest BCUT2D eigenvalue weighted by Gasteiger charge is 2.22. The Balaban J connectivity index is 1.48. The Bertz CT molecular complexity index is 913. The van der Waals surface area contributed by atoms with Crippen molar-refractivity contribution in [2.24, 2.45) is 0 Å². The number of aromatic nitrogens is 2. The normalized spacial score (nSPS) is 16.5. The number of nitrogens with zero attached hydrogens (tertiary/aromatic N) is 4. The zero-order chi connectivity index (χ0) is 19.6. The molecule has 0 radical (unpaired) electrons. The van der Waals surface area contributed by atoms with Gasteiger partial charge in [-0.3, -0.25) is 0 Å². The average Bonchev–Trinajstić information content (AvgIpc) is 3.14. The number of piperazine rings is 1. The van der Waals surface area contributed by atoms with E-state index in [1.165, 1.54) is 10.4 Å². The Kier molecular flexibility index (Phi) is 5.62. The van der Waals surface area contributed by atoms with E-state index in [0.717, 1.165) is 55.2 Å². The van der Waals surface area contributed by atoms with Crippen LogP contribution in [0.2, 0.25) is 0 Å². The molecule has 0 spiro atoms. The summed E-state index contributed by atoms with van der Waals surface area (Å²) in [7, 11) is 2.20. The molecule has 5 nitrogen and oxygen atoms in total. The van der Waals surface area contributed by atoms with Gasteiger partial charge in [0.2, 0.25) is 0 Å². The molecule has 1 aliphatic heterocycles. The molecule has 1 fully saturated rings. The van der Waals surface area contributed by atoms with E-state index in [0.29, 0.717) is 0 Å². The van der Waals surface area contributed by atoms with Crippen LogP contribution in [0.15, 0.2) is 42.7 Å².